The van der Waals surface area contributed by atoms with Crippen LogP contribution in [0.3, 0.4) is 0 Å². The smallest absolute Gasteiger partial charge is 0.382 e. The summed E-state index contributed by atoms with van der Waals surface area (Å²) in [5, 5.41) is 7.67. The molecule has 2 aromatic rings. The van der Waals surface area contributed by atoms with Gasteiger partial charge in [0.1, 0.15) is 17.1 Å². The Morgan fingerprint density at radius 1 is 1.19 bits per heavy atom. The molecule has 1 aliphatic heterocycles. The molecular weight excluding hydrogens is 501 g/mol. The number of nitrogens with zero attached hydrogens (tertiary/aromatic N) is 3. The van der Waals surface area contributed by atoms with Crippen LogP contribution >= 0.6 is 0 Å². The fraction of sp³-hybridized carbons (Fsp3) is 0.409. The summed E-state index contributed by atoms with van der Waals surface area (Å²) in [5.74, 6) is -1.70. The summed E-state index contributed by atoms with van der Waals surface area (Å²) in [7, 11) is -2.52. The highest BCUT2D eigenvalue weighted by Crippen LogP contribution is 2.39. The Balaban J connectivity index is 2.28. The zero-order chi connectivity index (χ0) is 27.4. The zero-order valence-electron chi connectivity index (χ0n) is 20.3. The number of amides is 2. The lowest BCUT2D eigenvalue weighted by Gasteiger charge is -2.45. The van der Waals surface area contributed by atoms with E-state index in [1.165, 1.54) is 55.8 Å². The van der Waals surface area contributed by atoms with Crippen molar-refractivity contribution in [2.45, 2.75) is 37.4 Å². The van der Waals surface area contributed by atoms with Crippen molar-refractivity contribution in [3.63, 3.8) is 0 Å². The van der Waals surface area contributed by atoms with Gasteiger partial charge in [0.05, 0.1) is 21.8 Å². The topological polar surface area (TPSA) is 142 Å². The van der Waals surface area contributed by atoms with Crippen LogP contribution in [0.5, 0.6) is 0 Å². The first-order chi connectivity index (χ1) is 16.4. The minimum absolute atomic E-state index is 0.0205. The molecule has 0 bridgehead atoms. The van der Waals surface area contributed by atoms with Gasteiger partial charge in [0.2, 0.25) is 5.91 Å². The molecule has 2 heterocycles. The summed E-state index contributed by atoms with van der Waals surface area (Å²) in [6.45, 7) is 4.50. The summed E-state index contributed by atoms with van der Waals surface area (Å²) in [5.41, 5.74) is 5.04. The number of amidine groups is 1. The number of rotatable bonds is 5. The summed E-state index contributed by atoms with van der Waals surface area (Å²) >= 11 is 0. The van der Waals surface area contributed by atoms with E-state index in [-0.39, 0.29) is 40.8 Å². The highest BCUT2D eigenvalue weighted by Gasteiger charge is 2.45. The van der Waals surface area contributed by atoms with Crippen molar-refractivity contribution >= 4 is 33.2 Å². The van der Waals surface area contributed by atoms with Gasteiger partial charge in [-0.25, -0.2) is 8.42 Å². The van der Waals surface area contributed by atoms with E-state index in [4.69, 9.17) is 11.1 Å². The first-order valence-corrected chi connectivity index (χ1v) is 12.6. The van der Waals surface area contributed by atoms with Crippen molar-refractivity contribution in [1.82, 2.24) is 9.58 Å². The van der Waals surface area contributed by atoms with Crippen LogP contribution in [0.25, 0.3) is 11.3 Å². The van der Waals surface area contributed by atoms with E-state index in [9.17, 15) is 31.2 Å². The summed E-state index contributed by atoms with van der Waals surface area (Å²) in [6, 6.07) is 4.63. The molecule has 1 aliphatic rings. The van der Waals surface area contributed by atoms with Gasteiger partial charge < -0.3 is 21.0 Å². The molecular formula is C22H27F3N6O4S. The Morgan fingerprint density at radius 3 is 2.28 bits per heavy atom. The van der Waals surface area contributed by atoms with Gasteiger partial charge in [0, 0.05) is 38.9 Å². The number of sulfone groups is 1. The Kier molecular flexibility index (Phi) is 6.64. The second-order valence-corrected chi connectivity index (χ2v) is 10.9. The predicted octanol–water partition coefficient (Wildman–Crippen LogP) is 2.01. The van der Waals surface area contributed by atoms with E-state index in [0.717, 1.165) is 17.0 Å². The maximum Gasteiger partial charge on any atom is 0.418 e. The van der Waals surface area contributed by atoms with Crippen molar-refractivity contribution in [3.8, 4) is 11.3 Å². The summed E-state index contributed by atoms with van der Waals surface area (Å²) in [6.07, 6.45) is -3.87. The van der Waals surface area contributed by atoms with Crippen LogP contribution < -0.4 is 16.1 Å². The zero-order valence-corrected chi connectivity index (χ0v) is 21.1. The second-order valence-electron chi connectivity index (χ2n) is 8.90. The molecule has 4 N–H and O–H groups in total. The highest BCUT2D eigenvalue weighted by molar-refractivity contribution is 7.90. The number of hydrogen-bond acceptors (Lipinski definition) is 6. The van der Waals surface area contributed by atoms with Crippen LogP contribution in [0.2, 0.25) is 0 Å². The van der Waals surface area contributed by atoms with Gasteiger partial charge in [-0.3, -0.25) is 19.7 Å². The third-order valence-corrected chi connectivity index (χ3v) is 7.24. The number of hydrogen-bond donors (Lipinski definition) is 3. The van der Waals surface area contributed by atoms with E-state index < -0.39 is 44.6 Å². The van der Waals surface area contributed by atoms with Crippen molar-refractivity contribution < 1.29 is 31.2 Å². The Hall–Kier alpha value is -3.55. The number of nitrogens with two attached hydrogens (primary N) is 1. The number of carbonyl (C=O) groups is 2. The van der Waals surface area contributed by atoms with Gasteiger partial charge in [0.25, 0.3) is 5.91 Å². The molecule has 14 heteroatoms. The van der Waals surface area contributed by atoms with Crippen molar-refractivity contribution in [2.75, 3.05) is 36.7 Å². The van der Waals surface area contributed by atoms with Gasteiger partial charge >= 0.3 is 6.18 Å². The first kappa shape index (κ1) is 27.0. The molecule has 1 aromatic heterocycles. The SMILES string of the molecule is CNn1c(-c2ccc(S(C)(=O)=O)c(N3CCN(C(C)=O)C(C)(C)C3=O)c2)cc(C(F)(F)F)c1C(=N)N. The quantitative estimate of drug-likeness (QED) is 0.400. The van der Waals surface area contributed by atoms with Crippen LogP contribution in [-0.2, 0) is 25.6 Å². The molecule has 3 rings (SSSR count). The monoisotopic (exact) mass is 528 g/mol. The highest BCUT2D eigenvalue weighted by atomic mass is 32.2. The molecule has 36 heavy (non-hydrogen) atoms. The number of nitrogens with one attached hydrogen (secondary N) is 2. The lowest BCUT2D eigenvalue weighted by molar-refractivity contribution is -0.145. The number of halogens is 3. The molecule has 196 valence electrons. The van der Waals surface area contributed by atoms with Crippen molar-refractivity contribution in [2.24, 2.45) is 5.73 Å². The van der Waals surface area contributed by atoms with Crippen LogP contribution in [-0.4, -0.2) is 67.6 Å². The number of anilines is 1. The molecule has 0 saturated carbocycles. The van der Waals surface area contributed by atoms with E-state index in [1.807, 2.05) is 0 Å². The Morgan fingerprint density at radius 2 is 1.81 bits per heavy atom. The summed E-state index contributed by atoms with van der Waals surface area (Å²) in [4.78, 5) is 27.9. The first-order valence-electron chi connectivity index (χ1n) is 10.7. The molecule has 10 nitrogen and oxygen atoms in total. The van der Waals surface area contributed by atoms with Gasteiger partial charge in [-0.1, -0.05) is 6.07 Å². The van der Waals surface area contributed by atoms with Crippen molar-refractivity contribution in [3.05, 3.63) is 35.5 Å². The minimum Gasteiger partial charge on any atom is -0.382 e. The molecule has 0 aliphatic carbocycles. The van der Waals surface area contributed by atoms with Crippen LogP contribution in [0.15, 0.2) is 29.2 Å². The molecule has 2 amide bonds. The molecule has 1 saturated heterocycles. The van der Waals surface area contributed by atoms with Crippen molar-refractivity contribution in [1.29, 1.82) is 5.41 Å². The van der Waals surface area contributed by atoms with Crippen LogP contribution in [0, 0.1) is 5.41 Å². The normalized spacial score (nSPS) is 16.3. The lowest BCUT2D eigenvalue weighted by atomic mass is 9.96. The number of alkyl halides is 3. The fourth-order valence-electron chi connectivity index (χ4n) is 4.45. The van der Waals surface area contributed by atoms with E-state index in [2.05, 4.69) is 5.43 Å². The third kappa shape index (κ3) is 4.52. The predicted molar refractivity (Wildman–Crippen MR) is 128 cm³/mol. The standard InChI is InChI=1S/C22H27F3N6O4S/c1-12(32)30-9-8-29(20(33)21(30,2)3)16-10-13(6-7-17(16)36(5,34)35)15-11-14(22(23,24)25)18(19(26)27)31(15)28-4/h6-7,10-11,28H,8-9H2,1-5H3,(H3,26,27). The second kappa shape index (κ2) is 8.84. The molecule has 0 atom stereocenters. The lowest BCUT2D eigenvalue weighted by Crippen LogP contribution is -2.64. The maximum atomic E-state index is 13.7. The van der Waals surface area contributed by atoms with Gasteiger partial charge in [0.15, 0.2) is 9.84 Å². The average molecular weight is 529 g/mol. The largest absolute Gasteiger partial charge is 0.418 e. The minimum atomic E-state index is -4.82. The average Bonchev–Trinajstić information content (AvgIpc) is 3.14. The van der Waals surface area contributed by atoms with E-state index in [1.54, 1.807) is 0 Å². The van der Waals surface area contributed by atoms with Gasteiger partial charge in [-0.05, 0) is 32.0 Å². The van der Waals surface area contributed by atoms with Gasteiger partial charge in [-0.15, -0.1) is 0 Å². The van der Waals surface area contributed by atoms with Gasteiger partial charge in [-0.2, -0.15) is 13.2 Å². The molecule has 0 radical (unpaired) electrons. The Bertz CT molecular complexity index is 1360. The fourth-order valence-corrected chi connectivity index (χ4v) is 5.31. The number of piperazine rings is 1. The number of benzene rings is 1. The molecule has 0 unspecified atom stereocenters. The maximum absolute atomic E-state index is 13.7. The number of carbonyl (C=O) groups excluding carboxylic acids is 2. The molecule has 1 aromatic carbocycles. The van der Waals surface area contributed by atoms with Crippen LogP contribution in [0.4, 0.5) is 18.9 Å². The van der Waals surface area contributed by atoms with E-state index in [0.29, 0.717) is 0 Å². The number of nitrogen functional groups attached to an aromatic ring is 1. The molecule has 1 fully saturated rings. The Labute approximate surface area is 206 Å². The molecule has 0 spiro atoms. The van der Waals surface area contributed by atoms with Crippen LogP contribution in [0.1, 0.15) is 32.0 Å². The summed E-state index contributed by atoms with van der Waals surface area (Å²) < 4.78 is 67.3. The third-order valence-electron chi connectivity index (χ3n) is 6.10. The number of aromatic nitrogens is 1. The van der Waals surface area contributed by atoms with E-state index >= 15 is 0 Å².